The van der Waals surface area contributed by atoms with E-state index in [1.54, 1.807) is 0 Å². The van der Waals surface area contributed by atoms with Gasteiger partial charge in [0.2, 0.25) is 0 Å². The molecular formula is C17H18N2S. The van der Waals surface area contributed by atoms with Crippen LogP contribution < -0.4 is 0 Å². The van der Waals surface area contributed by atoms with Crippen molar-refractivity contribution in [2.24, 2.45) is 0 Å². The van der Waals surface area contributed by atoms with Crippen LogP contribution in [0.2, 0.25) is 0 Å². The number of para-hydroxylation sites is 1. The van der Waals surface area contributed by atoms with Crippen molar-refractivity contribution in [3.63, 3.8) is 0 Å². The number of aryl methyl sites for hydroxylation is 3. The zero-order chi connectivity index (χ0) is 13.9. The molecule has 3 aromatic rings. The molecule has 0 aliphatic heterocycles. The van der Waals surface area contributed by atoms with Crippen LogP contribution in [0.15, 0.2) is 48.5 Å². The third kappa shape index (κ3) is 2.54. The van der Waals surface area contributed by atoms with E-state index in [1.165, 1.54) is 16.6 Å². The predicted octanol–water partition coefficient (Wildman–Crippen LogP) is 4.64. The standard InChI is InChI=1S/C17H18N2S/c1-13-7-5-11-15-16(13)19(17(20)18-15)12-6-10-14-8-3-2-4-9-14/h2-5,7-9,11H,6,10,12H2,1H3,(H,18,20). The number of aromatic amines is 1. The van der Waals surface area contributed by atoms with Crippen LogP contribution in [-0.4, -0.2) is 9.55 Å². The Morgan fingerprint density at radius 1 is 1.05 bits per heavy atom. The molecule has 20 heavy (non-hydrogen) atoms. The van der Waals surface area contributed by atoms with Crippen LogP contribution in [0, 0.1) is 11.7 Å². The number of benzene rings is 2. The summed E-state index contributed by atoms with van der Waals surface area (Å²) in [5.74, 6) is 0. The van der Waals surface area contributed by atoms with E-state index in [0.717, 1.165) is 29.7 Å². The van der Waals surface area contributed by atoms with Gasteiger partial charge in [0.05, 0.1) is 11.0 Å². The Bertz CT molecular complexity index is 769. The second kappa shape index (κ2) is 5.63. The van der Waals surface area contributed by atoms with Crippen LogP contribution in [0.5, 0.6) is 0 Å². The fourth-order valence-corrected chi connectivity index (χ4v) is 2.99. The van der Waals surface area contributed by atoms with Gasteiger partial charge in [-0.25, -0.2) is 0 Å². The Kier molecular flexibility index (Phi) is 3.70. The molecule has 2 aromatic carbocycles. The highest BCUT2D eigenvalue weighted by Crippen LogP contribution is 2.19. The molecule has 0 saturated carbocycles. The molecule has 0 unspecified atom stereocenters. The molecule has 0 saturated heterocycles. The van der Waals surface area contributed by atoms with Crippen LogP contribution in [0.1, 0.15) is 17.5 Å². The zero-order valence-corrected chi connectivity index (χ0v) is 12.4. The van der Waals surface area contributed by atoms with Gasteiger partial charge in [0.15, 0.2) is 4.77 Å². The number of hydrogen-bond donors (Lipinski definition) is 1. The number of H-pyrrole nitrogens is 1. The first-order chi connectivity index (χ1) is 9.75. The summed E-state index contributed by atoms with van der Waals surface area (Å²) in [6, 6.07) is 16.9. The zero-order valence-electron chi connectivity index (χ0n) is 11.6. The molecule has 102 valence electrons. The lowest BCUT2D eigenvalue weighted by molar-refractivity contribution is 0.649. The van der Waals surface area contributed by atoms with Crippen molar-refractivity contribution in [3.05, 3.63) is 64.4 Å². The lowest BCUT2D eigenvalue weighted by Crippen LogP contribution is -2.00. The van der Waals surface area contributed by atoms with Gasteiger partial charge in [-0.05, 0) is 49.2 Å². The topological polar surface area (TPSA) is 20.7 Å². The number of fused-ring (bicyclic) bond motifs is 1. The molecule has 0 radical (unpaired) electrons. The van der Waals surface area contributed by atoms with Crippen molar-refractivity contribution in [1.82, 2.24) is 9.55 Å². The van der Waals surface area contributed by atoms with Gasteiger partial charge in [-0.2, -0.15) is 0 Å². The number of hydrogen-bond acceptors (Lipinski definition) is 1. The molecule has 1 N–H and O–H groups in total. The molecule has 0 spiro atoms. The molecule has 0 amide bonds. The maximum absolute atomic E-state index is 5.45. The van der Waals surface area contributed by atoms with Crippen molar-refractivity contribution >= 4 is 23.3 Å². The maximum atomic E-state index is 5.45. The minimum Gasteiger partial charge on any atom is -0.331 e. The Balaban J connectivity index is 1.81. The molecule has 1 aromatic heterocycles. The summed E-state index contributed by atoms with van der Waals surface area (Å²) in [5.41, 5.74) is 5.03. The SMILES string of the molecule is Cc1cccc2[nH]c(=S)n(CCCc3ccccc3)c12. The van der Waals surface area contributed by atoms with Crippen LogP contribution in [0.4, 0.5) is 0 Å². The first-order valence-corrected chi connectivity index (χ1v) is 7.38. The second-order valence-corrected chi connectivity index (χ2v) is 5.53. The van der Waals surface area contributed by atoms with E-state index in [4.69, 9.17) is 12.2 Å². The predicted molar refractivity (Wildman–Crippen MR) is 86.6 cm³/mol. The number of rotatable bonds is 4. The maximum Gasteiger partial charge on any atom is 0.178 e. The Morgan fingerprint density at radius 3 is 2.65 bits per heavy atom. The lowest BCUT2D eigenvalue weighted by atomic mass is 10.1. The average Bonchev–Trinajstić information content (AvgIpc) is 2.78. The van der Waals surface area contributed by atoms with Crippen LogP contribution >= 0.6 is 12.2 Å². The van der Waals surface area contributed by atoms with Crippen LogP contribution in [0.25, 0.3) is 11.0 Å². The molecule has 1 heterocycles. The van der Waals surface area contributed by atoms with E-state index in [9.17, 15) is 0 Å². The largest absolute Gasteiger partial charge is 0.331 e. The molecule has 0 atom stereocenters. The average molecular weight is 282 g/mol. The van der Waals surface area contributed by atoms with Gasteiger partial charge in [-0.3, -0.25) is 0 Å². The van der Waals surface area contributed by atoms with Gasteiger partial charge in [0.1, 0.15) is 0 Å². The smallest absolute Gasteiger partial charge is 0.178 e. The second-order valence-electron chi connectivity index (χ2n) is 5.14. The number of nitrogens with zero attached hydrogens (tertiary/aromatic N) is 1. The van der Waals surface area contributed by atoms with Gasteiger partial charge in [0, 0.05) is 6.54 Å². The van der Waals surface area contributed by atoms with Gasteiger partial charge < -0.3 is 9.55 Å². The number of aromatic nitrogens is 2. The summed E-state index contributed by atoms with van der Waals surface area (Å²) in [5, 5.41) is 0. The molecular weight excluding hydrogens is 264 g/mol. The Labute approximate surface area is 124 Å². The van der Waals surface area contributed by atoms with Crippen LogP contribution in [0.3, 0.4) is 0 Å². The van der Waals surface area contributed by atoms with E-state index < -0.39 is 0 Å². The minimum atomic E-state index is 0.822. The normalized spacial score (nSPS) is 11.1. The molecule has 3 rings (SSSR count). The third-order valence-electron chi connectivity index (χ3n) is 3.68. The molecule has 0 bridgehead atoms. The molecule has 0 aliphatic carbocycles. The van der Waals surface area contributed by atoms with E-state index >= 15 is 0 Å². The van der Waals surface area contributed by atoms with Crippen molar-refractivity contribution in [2.75, 3.05) is 0 Å². The van der Waals surface area contributed by atoms with Gasteiger partial charge in [-0.1, -0.05) is 42.5 Å². The van der Waals surface area contributed by atoms with Gasteiger partial charge >= 0.3 is 0 Å². The monoisotopic (exact) mass is 282 g/mol. The fraction of sp³-hybridized carbons (Fsp3) is 0.235. The molecule has 3 heteroatoms. The van der Waals surface area contributed by atoms with Crippen molar-refractivity contribution in [3.8, 4) is 0 Å². The summed E-state index contributed by atoms with van der Waals surface area (Å²) in [4.78, 5) is 3.29. The van der Waals surface area contributed by atoms with E-state index in [1.807, 2.05) is 0 Å². The highest BCUT2D eigenvalue weighted by Gasteiger charge is 2.06. The van der Waals surface area contributed by atoms with Crippen LogP contribution in [-0.2, 0) is 13.0 Å². The summed E-state index contributed by atoms with van der Waals surface area (Å²) >= 11 is 5.45. The van der Waals surface area contributed by atoms with Gasteiger partial charge in [-0.15, -0.1) is 0 Å². The van der Waals surface area contributed by atoms with E-state index in [2.05, 4.69) is 65.0 Å². The highest BCUT2D eigenvalue weighted by molar-refractivity contribution is 7.71. The van der Waals surface area contributed by atoms with E-state index in [0.29, 0.717) is 0 Å². The highest BCUT2D eigenvalue weighted by atomic mass is 32.1. The Morgan fingerprint density at radius 2 is 1.85 bits per heavy atom. The van der Waals surface area contributed by atoms with Gasteiger partial charge in [0.25, 0.3) is 0 Å². The van der Waals surface area contributed by atoms with Crippen molar-refractivity contribution in [2.45, 2.75) is 26.3 Å². The summed E-state index contributed by atoms with van der Waals surface area (Å²) in [7, 11) is 0. The lowest BCUT2D eigenvalue weighted by Gasteiger charge is -2.06. The minimum absolute atomic E-state index is 0.822. The number of nitrogens with one attached hydrogen (secondary N) is 1. The van der Waals surface area contributed by atoms with E-state index in [-0.39, 0.29) is 0 Å². The molecule has 0 aliphatic rings. The summed E-state index contributed by atoms with van der Waals surface area (Å²) < 4.78 is 3.05. The first-order valence-electron chi connectivity index (χ1n) is 6.98. The first kappa shape index (κ1) is 13.1. The van der Waals surface area contributed by atoms with Crippen molar-refractivity contribution in [1.29, 1.82) is 0 Å². The van der Waals surface area contributed by atoms with Crippen molar-refractivity contribution < 1.29 is 0 Å². The summed E-state index contributed by atoms with van der Waals surface area (Å²) in [6.07, 6.45) is 2.18. The quantitative estimate of drug-likeness (QED) is 0.691. The molecule has 0 fully saturated rings. The molecule has 2 nitrogen and oxygen atoms in total. The third-order valence-corrected chi connectivity index (χ3v) is 4.01. The number of imidazole rings is 1. The fourth-order valence-electron chi connectivity index (χ4n) is 2.70. The Hall–Kier alpha value is -1.87. The summed E-state index contributed by atoms with van der Waals surface area (Å²) in [6.45, 7) is 3.09.